The molecule has 0 amide bonds. The summed E-state index contributed by atoms with van der Waals surface area (Å²) in [6, 6.07) is 0.109. The van der Waals surface area contributed by atoms with Crippen molar-refractivity contribution in [2.24, 2.45) is 5.84 Å². The van der Waals surface area contributed by atoms with Crippen molar-refractivity contribution >= 4 is 11.3 Å². The Morgan fingerprint density at radius 3 is 2.88 bits per heavy atom. The number of aromatic nitrogens is 1. The van der Waals surface area contributed by atoms with Gasteiger partial charge in [0, 0.05) is 5.38 Å². The number of hydrogen-bond donors (Lipinski definition) is 2. The first-order chi connectivity index (χ1) is 8.31. The van der Waals surface area contributed by atoms with Gasteiger partial charge in [0.2, 0.25) is 0 Å². The molecule has 2 rings (SSSR count). The van der Waals surface area contributed by atoms with Gasteiger partial charge in [0.25, 0.3) is 0 Å². The van der Waals surface area contributed by atoms with Crippen LogP contribution in [0.3, 0.4) is 0 Å². The summed E-state index contributed by atoms with van der Waals surface area (Å²) in [4.78, 5) is 4.55. The number of nitrogens with one attached hydrogen (secondary N) is 1. The number of hydrogen-bond acceptors (Lipinski definition) is 4. The minimum atomic E-state index is 0.109. The van der Waals surface area contributed by atoms with Crippen LogP contribution in [0.15, 0.2) is 17.0 Å². The van der Waals surface area contributed by atoms with E-state index in [0.29, 0.717) is 0 Å². The van der Waals surface area contributed by atoms with Crippen LogP contribution in [0, 0.1) is 6.92 Å². The third-order valence-electron chi connectivity index (χ3n) is 3.30. The number of rotatable bonds is 3. The first kappa shape index (κ1) is 12.7. The fourth-order valence-electron chi connectivity index (χ4n) is 2.37. The maximum absolute atomic E-state index is 5.71. The van der Waals surface area contributed by atoms with Gasteiger partial charge in [-0.1, -0.05) is 24.5 Å². The molecule has 17 heavy (non-hydrogen) atoms. The molecule has 94 valence electrons. The molecule has 1 aromatic heterocycles. The predicted octanol–water partition coefficient (Wildman–Crippen LogP) is 3.24. The summed E-state index contributed by atoms with van der Waals surface area (Å²) < 4.78 is 0. The van der Waals surface area contributed by atoms with Gasteiger partial charge in [-0.05, 0) is 32.6 Å². The molecule has 1 aliphatic carbocycles. The zero-order valence-corrected chi connectivity index (χ0v) is 11.2. The fourth-order valence-corrected chi connectivity index (χ4v) is 3.01. The van der Waals surface area contributed by atoms with Crippen molar-refractivity contribution < 1.29 is 0 Å². The lowest BCUT2D eigenvalue weighted by molar-refractivity contribution is 0.548. The van der Waals surface area contributed by atoms with Gasteiger partial charge in [-0.3, -0.25) is 5.84 Å². The molecular weight excluding hydrogens is 230 g/mol. The Bertz CT molecular complexity index is 384. The van der Waals surface area contributed by atoms with Crippen LogP contribution in [0.25, 0.3) is 0 Å². The van der Waals surface area contributed by atoms with Crippen LogP contribution in [0.1, 0.15) is 55.3 Å². The quantitative estimate of drug-likeness (QED) is 0.492. The molecule has 1 unspecified atom stereocenters. The second-order valence-electron chi connectivity index (χ2n) is 4.62. The monoisotopic (exact) mass is 251 g/mol. The van der Waals surface area contributed by atoms with Gasteiger partial charge in [-0.15, -0.1) is 11.3 Å². The van der Waals surface area contributed by atoms with Gasteiger partial charge in [0.15, 0.2) is 0 Å². The molecule has 0 aliphatic heterocycles. The molecule has 0 spiro atoms. The fraction of sp³-hybridized carbons (Fsp3) is 0.615. The summed E-state index contributed by atoms with van der Waals surface area (Å²) in [5, 5.41) is 3.21. The number of nitrogens with two attached hydrogens (primary N) is 1. The predicted molar refractivity (Wildman–Crippen MR) is 72.7 cm³/mol. The first-order valence-electron chi connectivity index (χ1n) is 6.38. The Morgan fingerprint density at radius 2 is 2.18 bits per heavy atom. The molecule has 0 aromatic carbocycles. The lowest BCUT2D eigenvalue weighted by Crippen LogP contribution is -2.30. The molecular formula is C13H21N3S. The van der Waals surface area contributed by atoms with Crippen molar-refractivity contribution in [3.05, 3.63) is 27.7 Å². The SMILES string of the molecule is Cc1nc(C(NN)C2=CCCCCCC2)cs1. The van der Waals surface area contributed by atoms with E-state index in [4.69, 9.17) is 5.84 Å². The largest absolute Gasteiger partial charge is 0.271 e. The third kappa shape index (κ3) is 3.37. The maximum atomic E-state index is 5.71. The highest BCUT2D eigenvalue weighted by Crippen LogP contribution is 2.28. The van der Waals surface area contributed by atoms with Crippen molar-refractivity contribution in [2.75, 3.05) is 0 Å². The average molecular weight is 251 g/mol. The van der Waals surface area contributed by atoms with E-state index in [1.165, 1.54) is 37.7 Å². The Hall–Kier alpha value is -0.710. The van der Waals surface area contributed by atoms with Crippen LogP contribution >= 0.6 is 11.3 Å². The second kappa shape index (κ2) is 6.28. The minimum Gasteiger partial charge on any atom is -0.271 e. The molecule has 1 aliphatic rings. The molecule has 3 nitrogen and oxygen atoms in total. The molecule has 0 saturated carbocycles. The Morgan fingerprint density at radius 1 is 1.35 bits per heavy atom. The van der Waals surface area contributed by atoms with E-state index < -0.39 is 0 Å². The van der Waals surface area contributed by atoms with E-state index in [9.17, 15) is 0 Å². The second-order valence-corrected chi connectivity index (χ2v) is 5.69. The Balaban J connectivity index is 2.16. The molecule has 0 bridgehead atoms. The molecule has 0 fully saturated rings. The topological polar surface area (TPSA) is 50.9 Å². The van der Waals surface area contributed by atoms with Crippen LogP contribution in [0.2, 0.25) is 0 Å². The summed E-state index contributed by atoms with van der Waals surface area (Å²) >= 11 is 1.69. The van der Waals surface area contributed by atoms with Crippen molar-refractivity contribution in [1.29, 1.82) is 0 Å². The van der Waals surface area contributed by atoms with Crippen LogP contribution in [0.4, 0.5) is 0 Å². The molecule has 1 heterocycles. The maximum Gasteiger partial charge on any atom is 0.0898 e. The van der Waals surface area contributed by atoms with E-state index in [2.05, 4.69) is 21.9 Å². The third-order valence-corrected chi connectivity index (χ3v) is 4.09. The molecule has 0 radical (unpaired) electrons. The molecule has 1 aromatic rings. The molecule has 4 heteroatoms. The Labute approximate surface area is 107 Å². The smallest absolute Gasteiger partial charge is 0.0898 e. The van der Waals surface area contributed by atoms with Gasteiger partial charge < -0.3 is 0 Å². The van der Waals surface area contributed by atoms with Gasteiger partial charge in [0.1, 0.15) is 0 Å². The molecule has 3 N–H and O–H groups in total. The van der Waals surface area contributed by atoms with Gasteiger partial charge in [-0.25, -0.2) is 10.4 Å². The van der Waals surface area contributed by atoms with Crippen molar-refractivity contribution in [2.45, 2.75) is 51.5 Å². The van der Waals surface area contributed by atoms with E-state index in [-0.39, 0.29) is 6.04 Å². The van der Waals surface area contributed by atoms with E-state index in [0.717, 1.165) is 17.1 Å². The van der Waals surface area contributed by atoms with Crippen LogP contribution in [-0.4, -0.2) is 4.98 Å². The summed E-state index contributed by atoms with van der Waals surface area (Å²) in [7, 11) is 0. The molecule has 0 saturated heterocycles. The zero-order chi connectivity index (χ0) is 12.1. The van der Waals surface area contributed by atoms with Crippen LogP contribution in [0.5, 0.6) is 0 Å². The highest BCUT2D eigenvalue weighted by Gasteiger charge is 2.18. The van der Waals surface area contributed by atoms with E-state index in [1.54, 1.807) is 11.3 Å². The number of thiazole rings is 1. The van der Waals surface area contributed by atoms with Gasteiger partial charge in [-0.2, -0.15) is 0 Å². The van der Waals surface area contributed by atoms with Gasteiger partial charge >= 0.3 is 0 Å². The van der Waals surface area contributed by atoms with Crippen molar-refractivity contribution in [3.63, 3.8) is 0 Å². The first-order valence-corrected chi connectivity index (χ1v) is 7.26. The highest BCUT2D eigenvalue weighted by molar-refractivity contribution is 7.09. The summed E-state index contributed by atoms with van der Waals surface area (Å²) in [5.74, 6) is 5.71. The number of aryl methyl sites for hydroxylation is 1. The molecule has 1 atom stereocenters. The summed E-state index contributed by atoms with van der Waals surface area (Å²) in [6.07, 6.45) is 9.95. The average Bonchev–Trinajstić information content (AvgIpc) is 2.68. The number of allylic oxidation sites excluding steroid dienone is 1. The van der Waals surface area contributed by atoms with E-state index in [1.807, 2.05) is 6.92 Å². The number of hydrazine groups is 1. The van der Waals surface area contributed by atoms with Crippen LogP contribution in [-0.2, 0) is 0 Å². The standard InChI is InChI=1S/C13H21N3S/c1-10-15-12(9-17-10)13(16-14)11-7-5-3-2-4-6-8-11/h7,9,13,16H,2-6,8,14H2,1H3. The summed E-state index contributed by atoms with van der Waals surface area (Å²) in [5.41, 5.74) is 5.41. The number of nitrogens with zero attached hydrogens (tertiary/aromatic N) is 1. The lowest BCUT2D eigenvalue weighted by atomic mass is 9.94. The minimum absolute atomic E-state index is 0.109. The Kier molecular flexibility index (Phi) is 4.71. The van der Waals surface area contributed by atoms with Gasteiger partial charge in [0.05, 0.1) is 16.7 Å². The lowest BCUT2D eigenvalue weighted by Gasteiger charge is -2.19. The van der Waals surface area contributed by atoms with Crippen molar-refractivity contribution in [1.82, 2.24) is 10.4 Å². The highest BCUT2D eigenvalue weighted by atomic mass is 32.1. The van der Waals surface area contributed by atoms with E-state index >= 15 is 0 Å². The van der Waals surface area contributed by atoms with Crippen molar-refractivity contribution in [3.8, 4) is 0 Å². The summed E-state index contributed by atoms with van der Waals surface area (Å²) in [6.45, 7) is 2.04. The normalized spacial score (nSPS) is 19.3. The zero-order valence-electron chi connectivity index (χ0n) is 10.4. The van der Waals surface area contributed by atoms with Crippen LogP contribution < -0.4 is 11.3 Å².